The number of furan rings is 1. The van der Waals surface area contributed by atoms with Gasteiger partial charge in [-0.3, -0.25) is 0 Å². The van der Waals surface area contributed by atoms with Crippen molar-refractivity contribution in [3.63, 3.8) is 0 Å². The van der Waals surface area contributed by atoms with E-state index in [4.69, 9.17) is 9.15 Å². The molecule has 3 rings (SSSR count). The summed E-state index contributed by atoms with van der Waals surface area (Å²) in [7, 11) is 0. The Morgan fingerprint density at radius 2 is 1.52 bits per heavy atom. The Morgan fingerprint density at radius 3 is 2.00 bits per heavy atom. The summed E-state index contributed by atoms with van der Waals surface area (Å²) in [6, 6.07) is 25.1. The highest BCUT2D eigenvalue weighted by Crippen LogP contribution is 2.34. The predicted molar refractivity (Wildman–Crippen MR) is 87.8 cm³/mol. The monoisotopic (exact) mass is 305 g/mol. The highest BCUT2D eigenvalue weighted by Gasteiger charge is 2.40. The summed E-state index contributed by atoms with van der Waals surface area (Å²) in [4.78, 5) is 0. The molecule has 0 radical (unpaired) electrons. The summed E-state index contributed by atoms with van der Waals surface area (Å²) in [5, 5.41) is 14.0. The van der Waals surface area contributed by atoms with E-state index in [2.05, 4.69) is 11.1 Å². The first-order valence-corrected chi connectivity index (χ1v) is 7.22. The highest BCUT2D eigenvalue weighted by molar-refractivity contribution is 5.44. The Hall–Kier alpha value is -3.03. The molecule has 0 aliphatic carbocycles. The third-order valence-electron chi connectivity index (χ3n) is 3.57. The molecule has 4 heteroatoms. The van der Waals surface area contributed by atoms with Gasteiger partial charge >= 0.3 is 6.07 Å². The van der Waals surface area contributed by atoms with Crippen LogP contribution in [0.3, 0.4) is 0 Å². The van der Waals surface area contributed by atoms with Crippen molar-refractivity contribution in [3.8, 4) is 6.07 Å². The van der Waals surface area contributed by atoms with E-state index in [1.54, 1.807) is 12.3 Å². The number of rotatable bonds is 5. The molecule has 1 heterocycles. The van der Waals surface area contributed by atoms with Gasteiger partial charge in [0.2, 0.25) is 0 Å². The zero-order chi connectivity index (χ0) is 16.0. The summed E-state index contributed by atoms with van der Waals surface area (Å²) in [6.45, 7) is 0.194. The van der Waals surface area contributed by atoms with E-state index in [1.165, 1.54) is 0 Å². The molecule has 0 bridgehead atoms. The summed E-state index contributed by atoms with van der Waals surface area (Å²) in [5.41, 5.74) is 0.367. The zero-order valence-corrected chi connectivity index (χ0v) is 12.4. The molecule has 4 nitrogen and oxygen atoms in total. The van der Waals surface area contributed by atoms with Crippen molar-refractivity contribution >= 4 is 0 Å². The maximum Gasteiger partial charge on any atom is 0.344 e. The van der Waals surface area contributed by atoms with Crippen LogP contribution in [0.1, 0.15) is 16.9 Å². The molecule has 0 aliphatic rings. The van der Waals surface area contributed by atoms with Crippen LogP contribution in [0.2, 0.25) is 0 Å². The Kier molecular flexibility index (Phi) is 4.41. The highest BCUT2D eigenvalue weighted by atomic mass is 16.5. The standard InChI is InChI=1S/C19H15NO3/c21-20-15-19(16-8-3-1-4-9-16,17-10-5-2-6-11-17)23-14-18-12-7-13-22-18/h1-13H,14H2. The van der Waals surface area contributed by atoms with E-state index >= 15 is 0 Å². The van der Waals surface area contributed by atoms with Crippen LogP contribution in [0.15, 0.2) is 83.5 Å². The molecule has 1 aromatic heterocycles. The molecule has 0 spiro atoms. The minimum absolute atomic E-state index is 0.194. The van der Waals surface area contributed by atoms with Crippen LogP contribution in [0, 0.1) is 11.3 Å². The molecule has 0 aliphatic heterocycles. The van der Waals surface area contributed by atoms with Crippen molar-refractivity contribution in [2.24, 2.45) is 0 Å². The topological polar surface area (TPSA) is 49.8 Å². The van der Waals surface area contributed by atoms with Crippen molar-refractivity contribution in [2.75, 3.05) is 0 Å². The summed E-state index contributed by atoms with van der Waals surface area (Å²) < 4.78 is 11.4. The third-order valence-corrected chi connectivity index (χ3v) is 3.57. The number of ether oxygens (including phenoxy) is 1. The molecular weight excluding hydrogens is 290 g/mol. The van der Waals surface area contributed by atoms with Gasteiger partial charge in [0.05, 0.1) is 6.26 Å². The van der Waals surface area contributed by atoms with Gasteiger partial charge in [0.1, 0.15) is 12.4 Å². The molecule has 114 valence electrons. The van der Waals surface area contributed by atoms with Crippen molar-refractivity contribution in [2.45, 2.75) is 12.2 Å². The fourth-order valence-corrected chi connectivity index (χ4v) is 2.48. The van der Waals surface area contributed by atoms with Gasteiger partial charge < -0.3 is 14.4 Å². The maximum atomic E-state index is 11.1. The minimum atomic E-state index is -1.18. The van der Waals surface area contributed by atoms with Gasteiger partial charge in [-0.15, -0.1) is 0 Å². The summed E-state index contributed by atoms with van der Waals surface area (Å²) >= 11 is 0. The van der Waals surface area contributed by atoms with Crippen LogP contribution in [0.5, 0.6) is 0 Å². The number of hydrogen-bond acceptors (Lipinski definition) is 3. The average Bonchev–Trinajstić information content (AvgIpc) is 3.14. The van der Waals surface area contributed by atoms with Crippen LogP contribution >= 0.6 is 0 Å². The molecular formula is C19H15NO3. The first-order valence-electron chi connectivity index (χ1n) is 7.22. The van der Waals surface area contributed by atoms with E-state index in [1.807, 2.05) is 66.7 Å². The molecule has 0 unspecified atom stereocenters. The third kappa shape index (κ3) is 3.10. The Morgan fingerprint density at radius 1 is 0.913 bits per heavy atom. The van der Waals surface area contributed by atoms with E-state index in [9.17, 15) is 5.21 Å². The Bertz CT molecular complexity index is 747. The first-order chi connectivity index (χ1) is 11.3. The quantitative estimate of drug-likeness (QED) is 0.649. The number of nitrogens with zero attached hydrogens (tertiary/aromatic N) is 1. The molecule has 3 aromatic rings. The molecule has 0 N–H and O–H groups in total. The fraction of sp³-hybridized carbons (Fsp3) is 0.105. The predicted octanol–water partition coefficient (Wildman–Crippen LogP) is 4.57. The molecule has 2 aromatic carbocycles. The smallest absolute Gasteiger partial charge is 0.344 e. The van der Waals surface area contributed by atoms with Crippen LogP contribution in [-0.2, 0) is 16.9 Å². The maximum absolute atomic E-state index is 11.1. The lowest BCUT2D eigenvalue weighted by atomic mass is 9.87. The van der Waals surface area contributed by atoms with Gasteiger partial charge in [-0.05, 0) is 12.1 Å². The zero-order valence-electron chi connectivity index (χ0n) is 12.4. The second kappa shape index (κ2) is 6.82. The van der Waals surface area contributed by atoms with Crippen molar-refractivity contribution < 1.29 is 9.15 Å². The Balaban J connectivity index is 2.07. The SMILES string of the molecule is [O-][N+]#CC(OCc1ccco1)(c1ccccc1)c1ccccc1. The van der Waals surface area contributed by atoms with E-state index in [0.717, 1.165) is 11.1 Å². The van der Waals surface area contributed by atoms with Gasteiger partial charge in [-0.1, -0.05) is 60.7 Å². The number of benzene rings is 2. The molecule has 0 saturated carbocycles. The average molecular weight is 305 g/mol. The lowest BCUT2D eigenvalue weighted by molar-refractivity contribution is 0.00450. The summed E-state index contributed by atoms with van der Waals surface area (Å²) in [6.07, 6.45) is 1.58. The normalized spacial score (nSPS) is 10.8. The fourth-order valence-electron chi connectivity index (χ4n) is 2.48. The van der Waals surface area contributed by atoms with E-state index < -0.39 is 5.60 Å². The largest absolute Gasteiger partial charge is 0.498 e. The van der Waals surface area contributed by atoms with Crippen molar-refractivity contribution in [1.29, 1.82) is 0 Å². The molecule has 23 heavy (non-hydrogen) atoms. The molecule has 0 atom stereocenters. The van der Waals surface area contributed by atoms with Gasteiger partial charge in [0.25, 0.3) is 5.60 Å². The van der Waals surface area contributed by atoms with E-state index in [0.29, 0.717) is 5.76 Å². The van der Waals surface area contributed by atoms with Crippen LogP contribution in [0.4, 0.5) is 0 Å². The second-order valence-electron chi connectivity index (χ2n) is 4.98. The van der Waals surface area contributed by atoms with Crippen LogP contribution in [-0.4, -0.2) is 0 Å². The van der Waals surface area contributed by atoms with Gasteiger partial charge in [-0.25, -0.2) is 0 Å². The molecule has 0 saturated heterocycles. The molecule has 0 amide bonds. The minimum Gasteiger partial charge on any atom is -0.498 e. The number of hydrogen-bond donors (Lipinski definition) is 0. The lowest BCUT2D eigenvalue weighted by Gasteiger charge is -2.25. The van der Waals surface area contributed by atoms with Gasteiger partial charge in [0, 0.05) is 16.1 Å². The van der Waals surface area contributed by atoms with Crippen LogP contribution < -0.4 is 0 Å². The van der Waals surface area contributed by atoms with Crippen LogP contribution in [0.25, 0.3) is 5.01 Å². The van der Waals surface area contributed by atoms with Gasteiger partial charge in [0.15, 0.2) is 0 Å². The van der Waals surface area contributed by atoms with Crippen molar-refractivity contribution in [3.05, 3.63) is 106 Å². The summed E-state index contributed by atoms with van der Waals surface area (Å²) in [5.74, 6) is 0.661. The second-order valence-corrected chi connectivity index (χ2v) is 4.98. The van der Waals surface area contributed by atoms with E-state index in [-0.39, 0.29) is 6.61 Å². The molecule has 0 fully saturated rings. The van der Waals surface area contributed by atoms with Crippen molar-refractivity contribution in [1.82, 2.24) is 0 Å². The Labute approximate surface area is 134 Å². The van der Waals surface area contributed by atoms with Gasteiger partial charge in [-0.2, -0.15) is 0 Å². The first kappa shape index (κ1) is 14.9. The lowest BCUT2D eigenvalue weighted by Crippen LogP contribution is -2.29.